The molecular formula is C58H102O6. The number of ether oxygens (including phenoxy) is 3. The zero-order valence-corrected chi connectivity index (χ0v) is 42.3. The normalized spacial score (nSPS) is 12.5. The maximum absolute atomic E-state index is 12.8. The van der Waals surface area contributed by atoms with Crippen molar-refractivity contribution in [3.05, 3.63) is 60.8 Å². The molecule has 0 spiro atoms. The Hall–Kier alpha value is -2.89. The first-order valence-electron chi connectivity index (χ1n) is 27.3. The van der Waals surface area contributed by atoms with E-state index in [0.29, 0.717) is 19.3 Å². The Balaban J connectivity index is 4.43. The molecule has 0 saturated heterocycles. The van der Waals surface area contributed by atoms with Crippen molar-refractivity contribution in [2.75, 3.05) is 13.2 Å². The molecule has 6 nitrogen and oxygen atoms in total. The van der Waals surface area contributed by atoms with E-state index >= 15 is 0 Å². The fourth-order valence-electron chi connectivity index (χ4n) is 7.58. The van der Waals surface area contributed by atoms with E-state index in [4.69, 9.17) is 14.2 Å². The second-order valence-electron chi connectivity index (χ2n) is 18.1. The third-order valence-electron chi connectivity index (χ3n) is 11.7. The Morgan fingerprint density at radius 2 is 0.578 bits per heavy atom. The van der Waals surface area contributed by atoms with Crippen LogP contribution in [0.4, 0.5) is 0 Å². The first kappa shape index (κ1) is 61.1. The van der Waals surface area contributed by atoms with E-state index in [-0.39, 0.29) is 37.5 Å². The first-order valence-corrected chi connectivity index (χ1v) is 27.3. The molecule has 0 aliphatic rings. The molecule has 370 valence electrons. The van der Waals surface area contributed by atoms with Gasteiger partial charge in [-0.15, -0.1) is 0 Å². The molecule has 0 heterocycles. The van der Waals surface area contributed by atoms with E-state index in [1.165, 1.54) is 135 Å². The summed E-state index contributed by atoms with van der Waals surface area (Å²) in [6.07, 6.45) is 64.9. The van der Waals surface area contributed by atoms with Gasteiger partial charge >= 0.3 is 17.9 Å². The van der Waals surface area contributed by atoms with Gasteiger partial charge in [0.05, 0.1) is 0 Å². The second-order valence-corrected chi connectivity index (χ2v) is 18.1. The summed E-state index contributed by atoms with van der Waals surface area (Å²) in [5, 5.41) is 0. The summed E-state index contributed by atoms with van der Waals surface area (Å²) in [7, 11) is 0. The second kappa shape index (κ2) is 52.7. The molecular weight excluding hydrogens is 793 g/mol. The van der Waals surface area contributed by atoms with Crippen LogP contribution in [0.3, 0.4) is 0 Å². The fraction of sp³-hybridized carbons (Fsp3) is 0.776. The number of carbonyl (C=O) groups is 3. The van der Waals surface area contributed by atoms with Crippen molar-refractivity contribution in [3.8, 4) is 0 Å². The lowest BCUT2D eigenvalue weighted by Gasteiger charge is -2.18. The summed E-state index contributed by atoms with van der Waals surface area (Å²) in [5.41, 5.74) is 0. The molecule has 0 N–H and O–H groups in total. The van der Waals surface area contributed by atoms with Crippen molar-refractivity contribution in [3.63, 3.8) is 0 Å². The molecule has 0 aliphatic heterocycles. The highest BCUT2D eigenvalue weighted by Crippen LogP contribution is 2.15. The number of carbonyl (C=O) groups excluding carboxylic acids is 3. The first-order chi connectivity index (χ1) is 31.5. The van der Waals surface area contributed by atoms with E-state index in [2.05, 4.69) is 81.5 Å². The van der Waals surface area contributed by atoms with Crippen molar-refractivity contribution in [1.29, 1.82) is 0 Å². The van der Waals surface area contributed by atoms with Gasteiger partial charge in [0.2, 0.25) is 0 Å². The number of hydrogen-bond donors (Lipinski definition) is 0. The molecule has 0 amide bonds. The molecule has 0 saturated carbocycles. The van der Waals surface area contributed by atoms with Crippen LogP contribution in [0.2, 0.25) is 0 Å². The Morgan fingerprint density at radius 3 is 0.984 bits per heavy atom. The van der Waals surface area contributed by atoms with Crippen molar-refractivity contribution < 1.29 is 28.6 Å². The van der Waals surface area contributed by atoms with Gasteiger partial charge in [0.15, 0.2) is 6.10 Å². The summed E-state index contributed by atoms with van der Waals surface area (Å²) < 4.78 is 16.8. The van der Waals surface area contributed by atoms with Gasteiger partial charge in [0, 0.05) is 19.3 Å². The maximum Gasteiger partial charge on any atom is 0.306 e. The van der Waals surface area contributed by atoms with Crippen LogP contribution in [0, 0.1) is 0 Å². The zero-order valence-electron chi connectivity index (χ0n) is 42.3. The van der Waals surface area contributed by atoms with Gasteiger partial charge in [-0.2, -0.15) is 0 Å². The van der Waals surface area contributed by atoms with Crippen LogP contribution in [0.15, 0.2) is 60.8 Å². The number of esters is 3. The Labute approximate surface area is 396 Å². The van der Waals surface area contributed by atoms with Gasteiger partial charge in [-0.1, -0.05) is 229 Å². The molecule has 0 aromatic carbocycles. The van der Waals surface area contributed by atoms with E-state index in [0.717, 1.165) is 89.9 Å². The van der Waals surface area contributed by atoms with Crippen LogP contribution in [0.1, 0.15) is 271 Å². The van der Waals surface area contributed by atoms with Crippen molar-refractivity contribution in [2.45, 2.75) is 277 Å². The van der Waals surface area contributed by atoms with Gasteiger partial charge in [-0.3, -0.25) is 14.4 Å². The summed E-state index contributed by atoms with van der Waals surface area (Å²) in [5.74, 6) is -0.937. The summed E-state index contributed by atoms with van der Waals surface area (Å²) in [6, 6.07) is 0. The number of allylic oxidation sites excluding steroid dienone is 10. The molecule has 6 heteroatoms. The molecule has 0 radical (unpaired) electrons. The van der Waals surface area contributed by atoms with Crippen molar-refractivity contribution in [2.24, 2.45) is 0 Å². The lowest BCUT2D eigenvalue weighted by molar-refractivity contribution is -0.167. The largest absolute Gasteiger partial charge is 0.462 e. The standard InChI is InChI=1S/C58H102O6/c1-4-7-10-13-16-19-22-25-28-29-31-33-36-39-42-45-48-51-57(60)63-54-55(53-62-56(59)50-47-44-41-38-35-32-27-24-21-18-15-12-9-6-3)64-58(61)52-49-46-43-40-37-34-30-26-23-20-17-14-11-8-5-2/h15,17-18,20,24,26-27,30,37,40,55H,4-14,16,19,21-23,25,28-29,31-36,38-39,41-54H2,1-3H3/b18-15-,20-17-,27-24-,30-26-,40-37-/t55-/m1/s1. The van der Waals surface area contributed by atoms with Gasteiger partial charge in [0.1, 0.15) is 13.2 Å². The maximum atomic E-state index is 12.8. The van der Waals surface area contributed by atoms with Crippen LogP contribution < -0.4 is 0 Å². The minimum Gasteiger partial charge on any atom is -0.462 e. The lowest BCUT2D eigenvalue weighted by atomic mass is 10.0. The third kappa shape index (κ3) is 50.1. The SMILES string of the molecule is CCCC/C=C\C/C=C\CCCCCCCC(=O)OC[C@H](COC(=O)CCCCCCCCCCCCCCCCCCC)OC(=O)CCCC/C=C\C/C=C\C/C=C\CCCCC. The molecule has 0 aromatic rings. The highest BCUT2D eigenvalue weighted by atomic mass is 16.6. The molecule has 0 aromatic heterocycles. The topological polar surface area (TPSA) is 78.9 Å². The molecule has 1 atom stereocenters. The van der Waals surface area contributed by atoms with E-state index in [9.17, 15) is 14.4 Å². The quantitative estimate of drug-likeness (QED) is 0.0262. The highest BCUT2D eigenvalue weighted by molar-refractivity contribution is 5.71. The Bertz CT molecular complexity index is 1170. The molecule has 0 unspecified atom stereocenters. The van der Waals surface area contributed by atoms with Crippen LogP contribution in [0.5, 0.6) is 0 Å². The van der Waals surface area contributed by atoms with Gasteiger partial charge in [-0.05, 0) is 83.5 Å². The van der Waals surface area contributed by atoms with E-state index in [1.54, 1.807) is 0 Å². The van der Waals surface area contributed by atoms with Crippen LogP contribution in [-0.2, 0) is 28.6 Å². The Morgan fingerprint density at radius 1 is 0.312 bits per heavy atom. The molecule has 64 heavy (non-hydrogen) atoms. The lowest BCUT2D eigenvalue weighted by Crippen LogP contribution is -2.30. The predicted molar refractivity (Wildman–Crippen MR) is 275 cm³/mol. The number of unbranched alkanes of at least 4 members (excludes halogenated alkanes) is 28. The predicted octanol–water partition coefficient (Wildman–Crippen LogP) is 18.0. The fourth-order valence-corrected chi connectivity index (χ4v) is 7.58. The smallest absolute Gasteiger partial charge is 0.306 e. The summed E-state index contributed by atoms with van der Waals surface area (Å²) >= 11 is 0. The average Bonchev–Trinajstić information content (AvgIpc) is 3.29. The average molecular weight is 895 g/mol. The minimum atomic E-state index is -0.797. The molecule has 0 bridgehead atoms. The molecule has 0 rings (SSSR count). The van der Waals surface area contributed by atoms with E-state index < -0.39 is 6.10 Å². The van der Waals surface area contributed by atoms with E-state index in [1.807, 2.05) is 0 Å². The van der Waals surface area contributed by atoms with Crippen molar-refractivity contribution >= 4 is 17.9 Å². The van der Waals surface area contributed by atoms with Crippen LogP contribution in [-0.4, -0.2) is 37.2 Å². The minimum absolute atomic E-state index is 0.0920. The van der Waals surface area contributed by atoms with Gasteiger partial charge in [-0.25, -0.2) is 0 Å². The zero-order chi connectivity index (χ0) is 46.5. The number of hydrogen-bond acceptors (Lipinski definition) is 6. The highest BCUT2D eigenvalue weighted by Gasteiger charge is 2.19. The molecule has 0 fully saturated rings. The monoisotopic (exact) mass is 895 g/mol. The third-order valence-corrected chi connectivity index (χ3v) is 11.7. The number of rotatable bonds is 49. The Kier molecular flexibility index (Phi) is 50.4. The molecule has 0 aliphatic carbocycles. The summed E-state index contributed by atoms with van der Waals surface area (Å²) in [4.78, 5) is 38.0. The van der Waals surface area contributed by atoms with Crippen molar-refractivity contribution in [1.82, 2.24) is 0 Å². The van der Waals surface area contributed by atoms with Crippen LogP contribution in [0.25, 0.3) is 0 Å². The van der Waals surface area contributed by atoms with Gasteiger partial charge in [0.25, 0.3) is 0 Å². The van der Waals surface area contributed by atoms with Crippen LogP contribution >= 0.6 is 0 Å². The summed E-state index contributed by atoms with van der Waals surface area (Å²) in [6.45, 7) is 6.54. The van der Waals surface area contributed by atoms with Gasteiger partial charge < -0.3 is 14.2 Å².